The molecule has 1 heterocycles. The van der Waals surface area contributed by atoms with Crippen LogP contribution in [-0.4, -0.2) is 6.29 Å². The van der Waals surface area contributed by atoms with E-state index in [1.54, 1.807) is 24.3 Å². The average Bonchev–Trinajstić information content (AvgIpc) is 2.29. The van der Waals surface area contributed by atoms with E-state index < -0.39 is 0 Å². The highest BCUT2D eigenvalue weighted by Crippen LogP contribution is 2.10. The van der Waals surface area contributed by atoms with Crippen molar-refractivity contribution in [2.24, 2.45) is 0 Å². The number of para-hydroxylation sites is 1. The Kier molecular flexibility index (Phi) is 2.46. The van der Waals surface area contributed by atoms with Crippen molar-refractivity contribution in [3.05, 3.63) is 52.4 Å². The van der Waals surface area contributed by atoms with Crippen LogP contribution in [-0.2, 0) is 4.79 Å². The van der Waals surface area contributed by atoms with Gasteiger partial charge in [0, 0.05) is 0 Å². The van der Waals surface area contributed by atoms with Crippen LogP contribution in [0.3, 0.4) is 0 Å². The Morgan fingerprint density at radius 2 is 2.00 bits per heavy atom. The Morgan fingerprint density at radius 3 is 2.80 bits per heavy atom. The SMILES string of the molecule is O=CC=Cc1coc2ccccc2c1=O. The predicted octanol–water partition coefficient (Wildman–Crippen LogP) is 2.01. The van der Waals surface area contributed by atoms with Crippen LogP contribution in [0.2, 0.25) is 0 Å². The maximum Gasteiger partial charge on any atom is 0.199 e. The molecule has 1 aromatic carbocycles. The summed E-state index contributed by atoms with van der Waals surface area (Å²) in [5.74, 6) is 0. The van der Waals surface area contributed by atoms with Gasteiger partial charge >= 0.3 is 0 Å². The molecule has 0 amide bonds. The lowest BCUT2D eigenvalue weighted by Crippen LogP contribution is -2.04. The fourth-order valence-corrected chi connectivity index (χ4v) is 1.35. The van der Waals surface area contributed by atoms with Crippen LogP contribution < -0.4 is 5.43 Å². The number of benzene rings is 1. The minimum atomic E-state index is -0.130. The quantitative estimate of drug-likeness (QED) is 0.550. The van der Waals surface area contributed by atoms with Crippen molar-refractivity contribution in [2.45, 2.75) is 0 Å². The van der Waals surface area contributed by atoms with Gasteiger partial charge in [0.2, 0.25) is 0 Å². The highest BCUT2D eigenvalue weighted by atomic mass is 16.3. The summed E-state index contributed by atoms with van der Waals surface area (Å²) in [5.41, 5.74) is 0.793. The summed E-state index contributed by atoms with van der Waals surface area (Å²) in [6.45, 7) is 0. The first-order valence-electron chi connectivity index (χ1n) is 4.45. The lowest BCUT2D eigenvalue weighted by Gasteiger charge is -1.96. The number of rotatable bonds is 2. The van der Waals surface area contributed by atoms with Crippen LogP contribution in [0.4, 0.5) is 0 Å². The Bertz CT molecular complexity index is 579. The summed E-state index contributed by atoms with van der Waals surface area (Å²) in [6, 6.07) is 6.99. The van der Waals surface area contributed by atoms with Crippen LogP contribution in [0, 0.1) is 0 Å². The molecule has 0 aliphatic rings. The zero-order chi connectivity index (χ0) is 10.7. The number of carbonyl (C=O) groups is 1. The molecule has 0 saturated heterocycles. The van der Waals surface area contributed by atoms with E-state index in [-0.39, 0.29) is 5.43 Å². The van der Waals surface area contributed by atoms with E-state index in [0.29, 0.717) is 22.8 Å². The van der Waals surface area contributed by atoms with Crippen molar-refractivity contribution in [3.63, 3.8) is 0 Å². The molecule has 2 rings (SSSR count). The first-order valence-corrected chi connectivity index (χ1v) is 4.45. The second kappa shape index (κ2) is 3.92. The van der Waals surface area contributed by atoms with Crippen molar-refractivity contribution in [1.82, 2.24) is 0 Å². The molecule has 2 aromatic rings. The van der Waals surface area contributed by atoms with Gasteiger partial charge in [0.15, 0.2) is 5.43 Å². The molecule has 0 atom stereocenters. The van der Waals surface area contributed by atoms with Gasteiger partial charge in [-0.15, -0.1) is 0 Å². The summed E-state index contributed by atoms with van der Waals surface area (Å²) in [7, 11) is 0. The van der Waals surface area contributed by atoms with Gasteiger partial charge in [-0.05, 0) is 24.3 Å². The molecule has 15 heavy (non-hydrogen) atoms. The van der Waals surface area contributed by atoms with Crippen LogP contribution >= 0.6 is 0 Å². The highest BCUT2D eigenvalue weighted by molar-refractivity contribution is 5.80. The van der Waals surface area contributed by atoms with E-state index in [0.717, 1.165) is 0 Å². The maximum atomic E-state index is 11.8. The zero-order valence-electron chi connectivity index (χ0n) is 7.84. The second-order valence-electron chi connectivity index (χ2n) is 3.01. The van der Waals surface area contributed by atoms with Gasteiger partial charge in [0.05, 0.1) is 10.9 Å². The smallest absolute Gasteiger partial charge is 0.199 e. The largest absolute Gasteiger partial charge is 0.463 e. The molecule has 0 unspecified atom stereocenters. The fourth-order valence-electron chi connectivity index (χ4n) is 1.35. The number of hydrogen-bond donors (Lipinski definition) is 0. The molecule has 0 aliphatic heterocycles. The molecular weight excluding hydrogens is 192 g/mol. The van der Waals surface area contributed by atoms with Crippen LogP contribution in [0.15, 0.2) is 45.8 Å². The van der Waals surface area contributed by atoms with E-state index >= 15 is 0 Å². The number of aldehydes is 1. The third-order valence-electron chi connectivity index (χ3n) is 2.06. The minimum Gasteiger partial charge on any atom is -0.463 e. The van der Waals surface area contributed by atoms with Crippen molar-refractivity contribution in [1.29, 1.82) is 0 Å². The molecule has 3 heteroatoms. The molecule has 0 N–H and O–H groups in total. The normalized spacial score (nSPS) is 10.9. The topological polar surface area (TPSA) is 47.3 Å². The van der Waals surface area contributed by atoms with E-state index in [1.807, 2.05) is 0 Å². The summed E-state index contributed by atoms with van der Waals surface area (Å²) >= 11 is 0. The molecule has 0 saturated carbocycles. The Morgan fingerprint density at radius 1 is 1.20 bits per heavy atom. The Hall–Kier alpha value is -2.16. The van der Waals surface area contributed by atoms with Gasteiger partial charge in [-0.3, -0.25) is 9.59 Å². The lowest BCUT2D eigenvalue weighted by molar-refractivity contribution is -0.104. The molecule has 0 aliphatic carbocycles. The molecule has 74 valence electrons. The number of carbonyl (C=O) groups excluding carboxylic acids is 1. The molecule has 0 bridgehead atoms. The van der Waals surface area contributed by atoms with E-state index in [1.165, 1.54) is 18.4 Å². The summed E-state index contributed by atoms with van der Waals surface area (Å²) in [4.78, 5) is 21.9. The van der Waals surface area contributed by atoms with Crippen LogP contribution in [0.25, 0.3) is 17.0 Å². The summed E-state index contributed by atoms with van der Waals surface area (Å²) in [5, 5.41) is 0.519. The first-order chi connectivity index (χ1) is 7.33. The van der Waals surface area contributed by atoms with E-state index in [9.17, 15) is 9.59 Å². The van der Waals surface area contributed by atoms with E-state index in [2.05, 4.69) is 0 Å². The second-order valence-corrected chi connectivity index (χ2v) is 3.01. The maximum absolute atomic E-state index is 11.8. The Labute approximate surface area is 85.6 Å². The summed E-state index contributed by atoms with van der Waals surface area (Å²) < 4.78 is 5.25. The molecular formula is C12H8O3. The van der Waals surface area contributed by atoms with Crippen molar-refractivity contribution in [3.8, 4) is 0 Å². The summed E-state index contributed by atoms with van der Waals surface area (Å²) in [6.07, 6.45) is 4.67. The standard InChI is InChI=1S/C12H8O3/c13-7-3-4-9-8-15-11-6-2-1-5-10(11)12(9)14/h1-8H. The third-order valence-corrected chi connectivity index (χ3v) is 2.06. The van der Waals surface area contributed by atoms with Crippen LogP contribution in [0.5, 0.6) is 0 Å². The predicted molar refractivity (Wildman–Crippen MR) is 57.6 cm³/mol. The molecule has 1 aromatic heterocycles. The molecule has 0 radical (unpaired) electrons. The van der Waals surface area contributed by atoms with Crippen LogP contribution in [0.1, 0.15) is 5.56 Å². The van der Waals surface area contributed by atoms with Gasteiger partial charge in [-0.2, -0.15) is 0 Å². The van der Waals surface area contributed by atoms with Crippen molar-refractivity contribution in [2.75, 3.05) is 0 Å². The average molecular weight is 200 g/mol. The minimum absolute atomic E-state index is 0.130. The van der Waals surface area contributed by atoms with Crippen molar-refractivity contribution < 1.29 is 9.21 Å². The van der Waals surface area contributed by atoms with E-state index in [4.69, 9.17) is 4.42 Å². The zero-order valence-corrected chi connectivity index (χ0v) is 7.84. The van der Waals surface area contributed by atoms with Gasteiger partial charge in [-0.25, -0.2) is 0 Å². The number of hydrogen-bond acceptors (Lipinski definition) is 3. The highest BCUT2D eigenvalue weighted by Gasteiger charge is 2.02. The monoisotopic (exact) mass is 200 g/mol. The number of fused-ring (bicyclic) bond motifs is 1. The van der Waals surface area contributed by atoms with Crippen molar-refractivity contribution >= 4 is 23.3 Å². The van der Waals surface area contributed by atoms with Gasteiger partial charge in [0.25, 0.3) is 0 Å². The first kappa shape index (κ1) is 9.40. The fraction of sp³-hybridized carbons (Fsp3) is 0. The van der Waals surface area contributed by atoms with Gasteiger partial charge < -0.3 is 4.42 Å². The van der Waals surface area contributed by atoms with Gasteiger partial charge in [-0.1, -0.05) is 12.1 Å². The Balaban J connectivity index is 2.70. The molecule has 3 nitrogen and oxygen atoms in total. The molecule has 0 fully saturated rings. The lowest BCUT2D eigenvalue weighted by atomic mass is 10.1. The van der Waals surface area contributed by atoms with Gasteiger partial charge in [0.1, 0.15) is 18.1 Å². The molecule has 0 spiro atoms. The third kappa shape index (κ3) is 1.72. The number of allylic oxidation sites excluding steroid dienone is 1.